The van der Waals surface area contributed by atoms with Gasteiger partial charge in [-0.2, -0.15) is 0 Å². The third kappa shape index (κ3) is 16.1. The van der Waals surface area contributed by atoms with Crippen molar-refractivity contribution in [3.63, 3.8) is 0 Å². The minimum absolute atomic E-state index is 0.00568. The molecule has 2 heterocycles. The maximum atomic E-state index is 13.7. The number of aromatic nitrogens is 2. The molecule has 6 aromatic rings. The number of carbonyl (C=O) groups excluding carboxylic acids is 5. The molecule has 0 spiro atoms. The van der Waals surface area contributed by atoms with Crippen molar-refractivity contribution in [2.75, 3.05) is 51.7 Å². The number of halogens is 4. The third-order valence-electron chi connectivity index (χ3n) is 10.8. The van der Waals surface area contributed by atoms with Gasteiger partial charge in [-0.1, -0.05) is 96.0 Å². The summed E-state index contributed by atoms with van der Waals surface area (Å²) in [7, 11) is 4.31. The van der Waals surface area contributed by atoms with Crippen LogP contribution in [-0.2, 0) is 32.1 Å². The van der Waals surface area contributed by atoms with E-state index >= 15 is 0 Å². The van der Waals surface area contributed by atoms with Gasteiger partial charge in [-0.3, -0.25) is 15.4 Å². The van der Waals surface area contributed by atoms with Crippen molar-refractivity contribution in [3.8, 4) is 0 Å². The van der Waals surface area contributed by atoms with Gasteiger partial charge in [-0.15, -0.1) is 0 Å². The van der Waals surface area contributed by atoms with E-state index < -0.39 is 53.9 Å². The molecule has 0 unspecified atom stereocenters. The fraction of sp³-hybridized carbons (Fsp3) is 0.286. The second-order valence-electron chi connectivity index (χ2n) is 15.5. The van der Waals surface area contributed by atoms with Crippen LogP contribution in [0.1, 0.15) is 36.8 Å². The number of pyridine rings is 2. The van der Waals surface area contributed by atoms with Gasteiger partial charge in [-0.25, -0.2) is 37.9 Å². The first-order chi connectivity index (χ1) is 33.7. The van der Waals surface area contributed by atoms with Crippen LogP contribution < -0.4 is 21.3 Å². The standard InChI is InChI=1S/C25H26ClFN4O5.C24H26ClFN4O4/c1-31(24(33)29-14-18-8-5-9-20(27)23(18)26)19(10-11-22(32)35-2)15-36-25(34)30-21-12-16-6-3-4-7-17(16)13-28-21;1-30(23(32)28-14-18-8-4-10-20(26)22(18)25)19(9-5-11-31)15-34-24(33)29-21-12-16-6-2-3-7-17(16)13-27-21/h3-9,12-13,19H,10-11,14-15H2,1-2H3,(H,29,33)(H,28,30,34);2-4,6-8,10,12-13,19,31H,5,9,11,14-15H2,1H3,(H,28,32)(H,27,29,33)/t2*19-/m00/s1. The lowest BCUT2D eigenvalue weighted by atomic mass is 10.1. The number of amides is 6. The third-order valence-corrected chi connectivity index (χ3v) is 11.6. The SMILES string of the molecule is CN(C(=O)NCc1cccc(F)c1Cl)[C@@H](CCCO)COC(=O)Nc1cc2ccccc2cn1.COC(=O)CC[C@@H](COC(=O)Nc1cc2ccccc2cn1)N(C)C(=O)NCc1cccc(F)c1Cl. The number of esters is 1. The molecule has 21 heteroatoms. The maximum absolute atomic E-state index is 13.7. The first-order valence-electron chi connectivity index (χ1n) is 21.8. The summed E-state index contributed by atoms with van der Waals surface area (Å²) in [5.74, 6) is -0.974. The Labute approximate surface area is 412 Å². The summed E-state index contributed by atoms with van der Waals surface area (Å²) in [4.78, 5) is 72.8. The first-order valence-corrected chi connectivity index (χ1v) is 22.5. The van der Waals surface area contributed by atoms with Crippen molar-refractivity contribution in [1.82, 2.24) is 30.4 Å². The quantitative estimate of drug-likeness (QED) is 0.0404. The summed E-state index contributed by atoms with van der Waals surface area (Å²) in [6, 6.07) is 25.1. The van der Waals surface area contributed by atoms with Crippen LogP contribution >= 0.6 is 23.2 Å². The molecule has 5 N–H and O–H groups in total. The minimum Gasteiger partial charge on any atom is -0.469 e. The van der Waals surface area contributed by atoms with E-state index in [2.05, 4.69) is 36.0 Å². The Morgan fingerprint density at radius 3 is 1.50 bits per heavy atom. The lowest BCUT2D eigenvalue weighted by Crippen LogP contribution is -2.46. The maximum Gasteiger partial charge on any atom is 0.412 e. The van der Waals surface area contributed by atoms with Gasteiger partial charge in [0.1, 0.15) is 36.5 Å². The number of aliphatic hydroxyl groups excluding tert-OH is 1. The van der Waals surface area contributed by atoms with Crippen molar-refractivity contribution >= 4 is 86.6 Å². The lowest BCUT2D eigenvalue weighted by Gasteiger charge is -2.28. The Morgan fingerprint density at radius 2 is 1.07 bits per heavy atom. The van der Waals surface area contributed by atoms with Gasteiger partial charge < -0.3 is 39.8 Å². The number of fused-ring (bicyclic) bond motifs is 2. The molecule has 0 fully saturated rings. The van der Waals surface area contributed by atoms with E-state index in [1.165, 1.54) is 48.2 Å². The van der Waals surface area contributed by atoms with E-state index in [1.54, 1.807) is 43.7 Å². The van der Waals surface area contributed by atoms with Gasteiger partial charge in [0.15, 0.2) is 0 Å². The number of carbonyl (C=O) groups is 5. The molecular formula is C49H52Cl2F2N8O9. The molecule has 17 nitrogen and oxygen atoms in total. The molecule has 370 valence electrons. The highest BCUT2D eigenvalue weighted by Crippen LogP contribution is 2.22. The number of anilines is 2. The normalized spacial score (nSPS) is 11.5. The van der Waals surface area contributed by atoms with E-state index in [1.807, 2.05) is 48.5 Å². The average molecular weight is 1010 g/mol. The Hall–Kier alpha value is -7.35. The molecular weight excluding hydrogens is 953 g/mol. The summed E-state index contributed by atoms with van der Waals surface area (Å²) in [6.07, 6.45) is 2.81. The van der Waals surface area contributed by atoms with E-state index in [-0.39, 0.29) is 55.8 Å². The van der Waals surface area contributed by atoms with Crippen LogP contribution in [-0.4, -0.2) is 108 Å². The number of benzene rings is 4. The zero-order valence-electron chi connectivity index (χ0n) is 38.4. The fourth-order valence-corrected chi connectivity index (χ4v) is 7.10. The number of nitrogens with zero attached hydrogens (tertiary/aromatic N) is 4. The number of likely N-dealkylation sites (N-methyl/N-ethyl adjacent to an activating group) is 2. The highest BCUT2D eigenvalue weighted by atomic mass is 35.5. The molecule has 2 aromatic heterocycles. The molecule has 0 saturated carbocycles. The fourth-order valence-electron chi connectivity index (χ4n) is 6.71. The minimum atomic E-state index is -0.763. The summed E-state index contributed by atoms with van der Waals surface area (Å²) >= 11 is 11.9. The summed E-state index contributed by atoms with van der Waals surface area (Å²) in [5.41, 5.74) is 0.844. The smallest absolute Gasteiger partial charge is 0.412 e. The molecule has 0 aliphatic carbocycles. The van der Waals surface area contributed by atoms with Gasteiger partial charge in [0, 0.05) is 63.4 Å². The second kappa shape index (κ2) is 27.0. The molecule has 4 aromatic carbocycles. The molecule has 0 bridgehead atoms. The van der Waals surface area contributed by atoms with Crippen molar-refractivity contribution in [2.24, 2.45) is 0 Å². The Kier molecular flexibility index (Phi) is 20.7. The van der Waals surface area contributed by atoms with Crippen LogP contribution in [0.15, 0.2) is 109 Å². The zero-order valence-corrected chi connectivity index (χ0v) is 39.9. The lowest BCUT2D eigenvalue weighted by molar-refractivity contribution is -0.141. The number of nitrogens with one attached hydrogen (secondary N) is 4. The van der Waals surface area contributed by atoms with Crippen LogP contribution in [0.4, 0.5) is 39.6 Å². The van der Waals surface area contributed by atoms with Crippen molar-refractivity contribution in [1.29, 1.82) is 0 Å². The van der Waals surface area contributed by atoms with E-state index in [0.29, 0.717) is 35.6 Å². The van der Waals surface area contributed by atoms with E-state index in [4.69, 9.17) is 32.7 Å². The van der Waals surface area contributed by atoms with Crippen molar-refractivity contribution in [2.45, 2.75) is 50.9 Å². The Bertz CT molecular complexity index is 2760. The topological polar surface area (TPSA) is 214 Å². The number of hydrogen-bond donors (Lipinski definition) is 5. The van der Waals surface area contributed by atoms with Gasteiger partial charge in [0.25, 0.3) is 0 Å². The number of aliphatic hydroxyl groups is 1. The van der Waals surface area contributed by atoms with E-state index in [9.17, 15) is 37.9 Å². The predicted octanol–water partition coefficient (Wildman–Crippen LogP) is 9.30. The van der Waals surface area contributed by atoms with E-state index in [0.717, 1.165) is 21.5 Å². The summed E-state index contributed by atoms with van der Waals surface area (Å²) < 4.78 is 42.6. The van der Waals surface area contributed by atoms with Crippen molar-refractivity contribution in [3.05, 3.63) is 142 Å². The molecule has 2 atom stereocenters. The number of rotatable bonds is 18. The monoisotopic (exact) mass is 1000 g/mol. The Balaban J connectivity index is 0.000000261. The van der Waals surface area contributed by atoms with Crippen LogP contribution in [0.2, 0.25) is 10.0 Å². The molecule has 0 aliphatic heterocycles. The Morgan fingerprint density at radius 1 is 0.643 bits per heavy atom. The van der Waals surface area contributed by atoms with Crippen LogP contribution in [0.5, 0.6) is 0 Å². The van der Waals surface area contributed by atoms with Gasteiger partial charge in [0.2, 0.25) is 0 Å². The molecule has 0 aliphatic rings. The number of methoxy groups -OCH3 is 1. The molecule has 0 saturated heterocycles. The van der Waals surface area contributed by atoms with Crippen LogP contribution in [0.25, 0.3) is 21.5 Å². The van der Waals surface area contributed by atoms with Crippen molar-refractivity contribution < 1.29 is 52.1 Å². The van der Waals surface area contributed by atoms with Gasteiger partial charge in [0.05, 0.1) is 29.2 Å². The van der Waals surface area contributed by atoms with Crippen LogP contribution in [0, 0.1) is 11.6 Å². The average Bonchev–Trinajstić information content (AvgIpc) is 3.36. The second-order valence-corrected chi connectivity index (χ2v) is 16.3. The predicted molar refractivity (Wildman–Crippen MR) is 261 cm³/mol. The molecule has 70 heavy (non-hydrogen) atoms. The number of ether oxygens (including phenoxy) is 3. The van der Waals surface area contributed by atoms with Gasteiger partial charge >= 0.3 is 30.2 Å². The number of urea groups is 2. The molecule has 6 rings (SSSR count). The largest absolute Gasteiger partial charge is 0.469 e. The summed E-state index contributed by atoms with van der Waals surface area (Å²) in [5, 5.41) is 23.2. The highest BCUT2D eigenvalue weighted by molar-refractivity contribution is 6.31. The highest BCUT2D eigenvalue weighted by Gasteiger charge is 2.25. The number of hydrogen-bond acceptors (Lipinski definition) is 11. The molecule has 6 amide bonds. The zero-order chi connectivity index (χ0) is 50.6. The van der Waals surface area contributed by atoms with Crippen LogP contribution in [0.3, 0.4) is 0 Å². The first kappa shape index (κ1) is 53.6. The van der Waals surface area contributed by atoms with Gasteiger partial charge in [-0.05, 0) is 65.4 Å². The molecule has 0 radical (unpaired) electrons. The summed E-state index contributed by atoms with van der Waals surface area (Å²) in [6.45, 7) is -0.344.